The van der Waals surface area contributed by atoms with Gasteiger partial charge in [-0.3, -0.25) is 9.69 Å². The Labute approximate surface area is 199 Å². The summed E-state index contributed by atoms with van der Waals surface area (Å²) in [6.07, 6.45) is 1.95. The highest BCUT2D eigenvalue weighted by atomic mass is 32.1. The summed E-state index contributed by atoms with van der Waals surface area (Å²) in [5, 5.41) is 10.2. The van der Waals surface area contributed by atoms with E-state index in [2.05, 4.69) is 23.7 Å². The molecule has 4 rings (SSSR count). The molecule has 33 heavy (non-hydrogen) atoms. The fourth-order valence-corrected chi connectivity index (χ4v) is 5.68. The van der Waals surface area contributed by atoms with Gasteiger partial charge in [-0.2, -0.15) is 0 Å². The molecule has 0 radical (unpaired) electrons. The maximum Gasteiger partial charge on any atom is 0.273 e. The van der Waals surface area contributed by atoms with Gasteiger partial charge < -0.3 is 14.7 Å². The molecule has 6 nitrogen and oxygen atoms in total. The first kappa shape index (κ1) is 24.3. The average molecular weight is 476 g/mol. The monoisotopic (exact) mass is 475 g/mol. The first-order chi connectivity index (χ1) is 15.8. The van der Waals surface area contributed by atoms with Crippen molar-refractivity contribution < 1.29 is 19.0 Å². The third kappa shape index (κ3) is 5.29. The smallest absolute Gasteiger partial charge is 0.273 e. The molecular weight excluding hydrogens is 441 g/mol. The van der Waals surface area contributed by atoms with Crippen LogP contribution < -0.4 is 0 Å². The van der Waals surface area contributed by atoms with Crippen molar-refractivity contribution in [3.63, 3.8) is 0 Å². The molecular formula is C25H34FN3O3S. The quantitative estimate of drug-likeness (QED) is 0.689. The highest BCUT2D eigenvalue weighted by Gasteiger charge is 2.41. The van der Waals surface area contributed by atoms with Crippen LogP contribution in [0.2, 0.25) is 0 Å². The number of benzene rings is 1. The Morgan fingerprint density at radius 2 is 2.00 bits per heavy atom. The highest BCUT2D eigenvalue weighted by Crippen LogP contribution is 2.33. The molecule has 2 aliphatic rings. The number of likely N-dealkylation sites (tertiary alicyclic amines) is 1. The summed E-state index contributed by atoms with van der Waals surface area (Å²) in [5.74, 6) is 0.102. The third-order valence-electron chi connectivity index (χ3n) is 6.75. The number of halogens is 1. The van der Waals surface area contributed by atoms with E-state index in [-0.39, 0.29) is 23.9 Å². The second-order valence-corrected chi connectivity index (χ2v) is 10.7. The molecule has 8 heteroatoms. The molecule has 0 atom stereocenters. The number of aliphatic hydroxyl groups is 1. The molecule has 0 saturated carbocycles. The van der Waals surface area contributed by atoms with E-state index in [1.54, 1.807) is 17.4 Å². The summed E-state index contributed by atoms with van der Waals surface area (Å²) in [5.41, 5.74) is 1.47. The molecule has 2 aromatic rings. The zero-order valence-corrected chi connectivity index (χ0v) is 20.6. The topological polar surface area (TPSA) is 65.9 Å². The lowest BCUT2D eigenvalue weighted by Gasteiger charge is -2.47. The number of amides is 1. The van der Waals surface area contributed by atoms with Crippen LogP contribution in [0.15, 0.2) is 18.2 Å². The predicted octanol–water partition coefficient (Wildman–Crippen LogP) is 3.76. The molecule has 1 aromatic heterocycles. The lowest BCUT2D eigenvalue weighted by Crippen LogP contribution is -2.58. The number of carbonyl (C=O) groups excluding carboxylic acids is 1. The first-order valence-electron chi connectivity index (χ1n) is 11.8. The van der Waals surface area contributed by atoms with Crippen LogP contribution in [0.25, 0.3) is 0 Å². The molecule has 0 aliphatic carbocycles. The van der Waals surface area contributed by atoms with Gasteiger partial charge in [0.1, 0.15) is 11.5 Å². The van der Waals surface area contributed by atoms with Gasteiger partial charge in [-0.05, 0) is 31.7 Å². The van der Waals surface area contributed by atoms with E-state index in [9.17, 15) is 9.18 Å². The number of aryl methyl sites for hydroxylation is 1. The first-order valence-corrected chi connectivity index (χ1v) is 12.6. The van der Waals surface area contributed by atoms with Gasteiger partial charge in [0, 0.05) is 49.1 Å². The molecule has 1 amide bonds. The Morgan fingerprint density at radius 3 is 2.67 bits per heavy atom. The Hall–Kier alpha value is -1.87. The summed E-state index contributed by atoms with van der Waals surface area (Å²) < 4.78 is 21.0. The van der Waals surface area contributed by atoms with Gasteiger partial charge in [0.2, 0.25) is 0 Å². The van der Waals surface area contributed by atoms with E-state index >= 15 is 0 Å². The summed E-state index contributed by atoms with van der Waals surface area (Å²) >= 11 is 1.61. The number of aliphatic hydroxyl groups excluding tert-OH is 1. The largest absolute Gasteiger partial charge is 0.396 e. The Balaban J connectivity index is 1.38. The predicted molar refractivity (Wildman–Crippen MR) is 127 cm³/mol. The second kappa shape index (κ2) is 10.2. The molecule has 3 heterocycles. The zero-order valence-electron chi connectivity index (χ0n) is 19.8. The van der Waals surface area contributed by atoms with Crippen LogP contribution in [0.3, 0.4) is 0 Å². The van der Waals surface area contributed by atoms with Crippen LogP contribution in [0.4, 0.5) is 4.39 Å². The Morgan fingerprint density at radius 1 is 1.27 bits per heavy atom. The fourth-order valence-electron chi connectivity index (χ4n) is 4.76. The number of thiazole rings is 1. The maximum atomic E-state index is 14.7. The number of ether oxygens (including phenoxy) is 1. The molecule has 0 unspecified atom stereocenters. The van der Waals surface area contributed by atoms with Crippen molar-refractivity contribution in [3.8, 4) is 0 Å². The Kier molecular flexibility index (Phi) is 7.48. The van der Waals surface area contributed by atoms with Crippen LogP contribution in [-0.4, -0.2) is 70.8 Å². The number of aromatic nitrogens is 1. The van der Waals surface area contributed by atoms with E-state index in [1.165, 1.54) is 0 Å². The maximum absolute atomic E-state index is 14.7. The normalized spacial score (nSPS) is 18.9. The highest BCUT2D eigenvalue weighted by molar-refractivity contribution is 7.12. The number of piperidine rings is 1. The number of carbonyl (C=O) groups is 1. The van der Waals surface area contributed by atoms with Crippen molar-refractivity contribution >= 4 is 17.2 Å². The second-order valence-electron chi connectivity index (χ2n) is 9.51. The molecule has 1 aromatic carbocycles. The van der Waals surface area contributed by atoms with Gasteiger partial charge in [0.05, 0.1) is 23.8 Å². The molecule has 2 aliphatic heterocycles. The third-order valence-corrected chi connectivity index (χ3v) is 8.02. The Bertz CT molecular complexity index is 985. The van der Waals surface area contributed by atoms with Crippen molar-refractivity contribution in [2.24, 2.45) is 0 Å². The zero-order chi connectivity index (χ0) is 23.6. The number of hydrogen-bond acceptors (Lipinski definition) is 6. The standard InChI is InChI=1S/C25H34FN3O3S/c1-17(2)23-27-22(18(3)33-23)24(31)29-12-14-32-25(16-29)8-10-28(11-9-25)15-20-6-4-5-19(7-13-30)21(20)26/h4-6,17,30H,7-16H2,1-3H3. The van der Waals surface area contributed by atoms with Crippen LogP contribution >= 0.6 is 11.3 Å². The van der Waals surface area contributed by atoms with Gasteiger partial charge in [0.25, 0.3) is 5.91 Å². The number of hydrogen-bond donors (Lipinski definition) is 1. The molecule has 1 N–H and O–H groups in total. The summed E-state index contributed by atoms with van der Waals surface area (Å²) in [7, 11) is 0. The molecule has 2 fully saturated rings. The summed E-state index contributed by atoms with van der Waals surface area (Å²) in [6.45, 7) is 9.92. The molecule has 180 valence electrons. The van der Waals surface area contributed by atoms with Gasteiger partial charge in [-0.15, -0.1) is 11.3 Å². The van der Waals surface area contributed by atoms with Crippen molar-refractivity contribution in [2.75, 3.05) is 39.4 Å². The minimum absolute atomic E-state index is 0.00326. The van der Waals surface area contributed by atoms with Gasteiger partial charge in [0.15, 0.2) is 0 Å². The SMILES string of the molecule is Cc1sc(C(C)C)nc1C(=O)N1CCOC2(CCN(Cc3cccc(CCO)c3F)CC2)C1. The molecule has 0 bridgehead atoms. The van der Waals surface area contributed by atoms with Crippen LogP contribution in [0.1, 0.15) is 64.1 Å². The number of nitrogens with zero attached hydrogens (tertiary/aromatic N) is 3. The van der Waals surface area contributed by atoms with E-state index in [4.69, 9.17) is 9.84 Å². The summed E-state index contributed by atoms with van der Waals surface area (Å²) in [6, 6.07) is 5.41. The van der Waals surface area contributed by atoms with Crippen LogP contribution in [0, 0.1) is 12.7 Å². The van der Waals surface area contributed by atoms with Crippen molar-refractivity contribution in [3.05, 3.63) is 50.7 Å². The summed E-state index contributed by atoms with van der Waals surface area (Å²) in [4.78, 5) is 23.0. The van der Waals surface area contributed by atoms with Gasteiger partial charge >= 0.3 is 0 Å². The lowest BCUT2D eigenvalue weighted by atomic mass is 9.89. The average Bonchev–Trinajstić information content (AvgIpc) is 3.20. The van der Waals surface area contributed by atoms with Crippen molar-refractivity contribution in [2.45, 2.75) is 58.1 Å². The van der Waals surface area contributed by atoms with E-state index in [0.717, 1.165) is 35.8 Å². The van der Waals surface area contributed by atoms with Crippen LogP contribution in [0.5, 0.6) is 0 Å². The minimum atomic E-state index is -0.341. The van der Waals surface area contributed by atoms with Crippen molar-refractivity contribution in [1.82, 2.24) is 14.8 Å². The number of rotatable bonds is 6. The van der Waals surface area contributed by atoms with Gasteiger partial charge in [-0.1, -0.05) is 32.0 Å². The molecule has 1 spiro atoms. The number of morpholine rings is 1. The van der Waals surface area contributed by atoms with E-state index in [0.29, 0.717) is 55.4 Å². The molecule has 2 saturated heterocycles. The minimum Gasteiger partial charge on any atom is -0.396 e. The van der Waals surface area contributed by atoms with E-state index in [1.807, 2.05) is 24.0 Å². The van der Waals surface area contributed by atoms with Gasteiger partial charge in [-0.25, -0.2) is 9.37 Å². The van der Waals surface area contributed by atoms with Crippen molar-refractivity contribution in [1.29, 1.82) is 0 Å². The fraction of sp³-hybridized carbons (Fsp3) is 0.600. The van der Waals surface area contributed by atoms with Crippen LogP contribution in [-0.2, 0) is 17.7 Å². The van der Waals surface area contributed by atoms with E-state index < -0.39 is 0 Å². The lowest BCUT2D eigenvalue weighted by molar-refractivity contribution is -0.128.